The minimum atomic E-state index is -0.450. The molecular formula is C15H24ClN3O3S. The number of carbonyl (C=O) groups excluding carboxylic acids is 1. The first-order valence-corrected chi connectivity index (χ1v) is 8.88. The summed E-state index contributed by atoms with van der Waals surface area (Å²) < 4.78 is 10.5. The maximum Gasteiger partial charge on any atom is 0.410 e. The summed E-state index contributed by atoms with van der Waals surface area (Å²) in [7, 11) is 1.58. The molecule has 0 unspecified atom stereocenters. The lowest BCUT2D eigenvalue weighted by Crippen LogP contribution is -2.46. The van der Waals surface area contributed by atoms with Gasteiger partial charge in [0.2, 0.25) is 0 Å². The van der Waals surface area contributed by atoms with E-state index < -0.39 is 5.60 Å². The van der Waals surface area contributed by atoms with Crippen molar-refractivity contribution in [3.8, 4) is 5.19 Å². The van der Waals surface area contributed by atoms with Crippen LogP contribution in [0.3, 0.4) is 0 Å². The highest BCUT2D eigenvalue weighted by Gasteiger charge is 2.26. The maximum absolute atomic E-state index is 12.0. The van der Waals surface area contributed by atoms with Crippen LogP contribution in [0.25, 0.3) is 0 Å². The van der Waals surface area contributed by atoms with Gasteiger partial charge in [-0.3, -0.25) is 0 Å². The summed E-state index contributed by atoms with van der Waals surface area (Å²) in [5.41, 5.74) is -0.450. The zero-order valence-corrected chi connectivity index (χ0v) is 15.6. The van der Waals surface area contributed by atoms with Crippen molar-refractivity contribution in [3.63, 3.8) is 0 Å². The molecule has 2 rings (SSSR count). The fourth-order valence-electron chi connectivity index (χ4n) is 2.34. The van der Waals surface area contributed by atoms with Gasteiger partial charge in [0, 0.05) is 25.7 Å². The van der Waals surface area contributed by atoms with Gasteiger partial charge in [-0.25, -0.2) is 4.79 Å². The van der Waals surface area contributed by atoms with Crippen molar-refractivity contribution in [2.24, 2.45) is 0 Å². The molecule has 23 heavy (non-hydrogen) atoms. The summed E-state index contributed by atoms with van der Waals surface area (Å²) in [6, 6.07) is 0.359. The number of hydrogen-bond acceptors (Lipinski definition) is 6. The van der Waals surface area contributed by atoms with E-state index in [4.69, 9.17) is 21.1 Å². The second kappa shape index (κ2) is 7.68. The molecule has 0 aliphatic carbocycles. The van der Waals surface area contributed by atoms with Crippen molar-refractivity contribution < 1.29 is 14.3 Å². The lowest BCUT2D eigenvalue weighted by atomic mass is 10.1. The molecule has 8 heteroatoms. The minimum Gasteiger partial charge on any atom is -0.473 e. The highest BCUT2D eigenvalue weighted by molar-refractivity contribution is 7.13. The molecule has 1 aromatic rings. The fourth-order valence-corrected chi connectivity index (χ4v) is 3.36. The van der Waals surface area contributed by atoms with Gasteiger partial charge in [-0.1, -0.05) is 22.9 Å². The van der Waals surface area contributed by atoms with Crippen molar-refractivity contribution in [2.75, 3.05) is 20.2 Å². The number of rotatable bonds is 4. The number of carbonyl (C=O) groups is 1. The van der Waals surface area contributed by atoms with Gasteiger partial charge in [0.05, 0.1) is 12.0 Å². The van der Waals surface area contributed by atoms with Gasteiger partial charge in [-0.2, -0.15) is 4.98 Å². The van der Waals surface area contributed by atoms with Crippen LogP contribution in [0.15, 0.2) is 0 Å². The third kappa shape index (κ3) is 5.51. The molecule has 0 bridgehead atoms. The summed E-state index contributed by atoms with van der Waals surface area (Å²) in [6.07, 6.45) is 1.56. The molecule has 1 fully saturated rings. The van der Waals surface area contributed by atoms with Crippen molar-refractivity contribution in [2.45, 2.75) is 51.8 Å². The van der Waals surface area contributed by atoms with Gasteiger partial charge >= 0.3 is 6.09 Å². The van der Waals surface area contributed by atoms with E-state index in [1.165, 1.54) is 11.3 Å². The van der Waals surface area contributed by atoms with Crippen LogP contribution in [-0.4, -0.2) is 47.8 Å². The van der Waals surface area contributed by atoms with E-state index in [1.54, 1.807) is 12.0 Å². The molecule has 0 atom stereocenters. The number of hydrogen-bond donors (Lipinski definition) is 1. The maximum atomic E-state index is 12.0. The Balaban J connectivity index is 1.76. The number of halogens is 1. The molecule has 6 nitrogen and oxygen atoms in total. The topological polar surface area (TPSA) is 63.7 Å². The van der Waals surface area contributed by atoms with Crippen LogP contribution >= 0.6 is 22.9 Å². The lowest BCUT2D eigenvalue weighted by Gasteiger charge is -2.33. The summed E-state index contributed by atoms with van der Waals surface area (Å²) >= 11 is 7.53. The van der Waals surface area contributed by atoms with E-state index in [2.05, 4.69) is 10.3 Å². The smallest absolute Gasteiger partial charge is 0.410 e. The van der Waals surface area contributed by atoms with Crippen LogP contribution in [0.2, 0.25) is 5.15 Å². The first kappa shape index (κ1) is 18.3. The summed E-state index contributed by atoms with van der Waals surface area (Å²) in [6.45, 7) is 7.71. The van der Waals surface area contributed by atoms with Crippen LogP contribution in [0.4, 0.5) is 4.79 Å². The number of piperidine rings is 1. The lowest BCUT2D eigenvalue weighted by molar-refractivity contribution is 0.0198. The molecule has 2 heterocycles. The monoisotopic (exact) mass is 361 g/mol. The number of aromatic nitrogens is 1. The van der Waals surface area contributed by atoms with E-state index in [-0.39, 0.29) is 6.09 Å². The van der Waals surface area contributed by atoms with Crippen molar-refractivity contribution in [1.82, 2.24) is 15.2 Å². The molecule has 0 radical (unpaired) electrons. The highest BCUT2D eigenvalue weighted by atomic mass is 35.5. The van der Waals surface area contributed by atoms with Gasteiger partial charge in [0.1, 0.15) is 10.8 Å². The van der Waals surface area contributed by atoms with Gasteiger partial charge in [0.25, 0.3) is 5.19 Å². The predicted octanol–water partition coefficient (Wildman–Crippen LogP) is 3.29. The van der Waals surface area contributed by atoms with Crippen molar-refractivity contribution >= 4 is 29.0 Å². The summed E-state index contributed by atoms with van der Waals surface area (Å²) in [5.74, 6) is 0. The molecule has 130 valence electrons. The molecule has 1 aliphatic heterocycles. The molecule has 0 saturated carbocycles. The summed E-state index contributed by atoms with van der Waals surface area (Å²) in [4.78, 5) is 18.9. The van der Waals surface area contributed by atoms with Crippen LogP contribution in [0, 0.1) is 0 Å². The predicted molar refractivity (Wildman–Crippen MR) is 91.3 cm³/mol. The van der Waals surface area contributed by atoms with Crippen molar-refractivity contribution in [1.29, 1.82) is 0 Å². The van der Waals surface area contributed by atoms with E-state index in [0.717, 1.165) is 17.7 Å². The first-order chi connectivity index (χ1) is 10.8. The largest absolute Gasteiger partial charge is 0.473 e. The average Bonchev–Trinajstić information content (AvgIpc) is 2.84. The first-order valence-electron chi connectivity index (χ1n) is 7.69. The number of amides is 1. The Kier molecular flexibility index (Phi) is 6.11. The van der Waals surface area contributed by atoms with E-state index in [0.29, 0.717) is 36.0 Å². The quantitative estimate of drug-likeness (QED) is 0.891. The average molecular weight is 362 g/mol. The van der Waals surface area contributed by atoms with Gasteiger partial charge in [-0.05, 0) is 33.6 Å². The van der Waals surface area contributed by atoms with E-state index in [9.17, 15) is 4.79 Å². The van der Waals surface area contributed by atoms with Crippen molar-refractivity contribution in [3.05, 3.63) is 10.0 Å². The van der Waals surface area contributed by atoms with Crippen LogP contribution in [0.1, 0.15) is 38.5 Å². The molecule has 0 spiro atoms. The molecule has 1 aromatic heterocycles. The third-order valence-electron chi connectivity index (χ3n) is 3.50. The van der Waals surface area contributed by atoms with Gasteiger partial charge in [-0.15, -0.1) is 0 Å². The van der Waals surface area contributed by atoms with Crippen LogP contribution in [-0.2, 0) is 11.3 Å². The van der Waals surface area contributed by atoms with Crippen LogP contribution in [0.5, 0.6) is 5.19 Å². The Morgan fingerprint density at radius 2 is 2.09 bits per heavy atom. The zero-order valence-electron chi connectivity index (χ0n) is 14.0. The number of methoxy groups -OCH3 is 1. The standard InChI is InChI=1S/C15H24ClN3O3S/c1-15(2,3)22-14(20)19-7-5-10(6-8-19)17-9-11-12(16)18-13(21-4)23-11/h10,17H,5-9H2,1-4H3. The van der Waals surface area contributed by atoms with Gasteiger partial charge < -0.3 is 19.7 Å². The Bertz CT molecular complexity index is 537. The van der Waals surface area contributed by atoms with Gasteiger partial charge in [0.15, 0.2) is 0 Å². The molecule has 1 aliphatic rings. The van der Waals surface area contributed by atoms with Crippen LogP contribution < -0.4 is 10.1 Å². The molecule has 1 N–H and O–H groups in total. The number of thiazole rings is 1. The number of nitrogens with zero attached hydrogens (tertiary/aromatic N) is 2. The molecular weight excluding hydrogens is 338 g/mol. The Labute approximate surface area is 146 Å². The number of likely N-dealkylation sites (tertiary alicyclic amines) is 1. The molecule has 0 aromatic carbocycles. The summed E-state index contributed by atoms with van der Waals surface area (Å²) in [5, 5.41) is 4.54. The number of ether oxygens (including phenoxy) is 2. The highest BCUT2D eigenvalue weighted by Crippen LogP contribution is 2.28. The normalized spacial score (nSPS) is 16.5. The van der Waals surface area contributed by atoms with E-state index >= 15 is 0 Å². The minimum absolute atomic E-state index is 0.230. The number of nitrogens with one attached hydrogen (secondary N) is 1. The second-order valence-electron chi connectivity index (χ2n) is 6.52. The molecule has 1 saturated heterocycles. The second-order valence-corrected chi connectivity index (χ2v) is 7.92. The Morgan fingerprint density at radius 3 is 2.61 bits per heavy atom. The molecule has 1 amide bonds. The fraction of sp³-hybridized carbons (Fsp3) is 0.733. The Morgan fingerprint density at radius 1 is 1.43 bits per heavy atom. The SMILES string of the molecule is COc1nc(Cl)c(CNC2CCN(C(=O)OC(C)(C)C)CC2)s1. The third-order valence-corrected chi connectivity index (χ3v) is 4.94. The van der Waals surface area contributed by atoms with E-state index in [1.807, 2.05) is 20.8 Å². The zero-order chi connectivity index (χ0) is 17.0. The Hall–Kier alpha value is -1.05.